The van der Waals surface area contributed by atoms with Crippen LogP contribution in [0.1, 0.15) is 80.1 Å². The van der Waals surface area contributed by atoms with Gasteiger partial charge in [0.2, 0.25) is 0 Å². The zero-order valence-corrected chi connectivity index (χ0v) is 19.8. The molecule has 32 heavy (non-hydrogen) atoms. The maximum atomic E-state index is 13.7. The van der Waals surface area contributed by atoms with E-state index in [0.717, 1.165) is 24.9 Å². The first-order valence-corrected chi connectivity index (χ1v) is 12.0. The molecule has 0 spiro atoms. The Morgan fingerprint density at radius 1 is 0.906 bits per heavy atom. The van der Waals surface area contributed by atoms with Gasteiger partial charge in [-0.2, -0.15) is 0 Å². The van der Waals surface area contributed by atoms with Gasteiger partial charge in [0.15, 0.2) is 0 Å². The van der Waals surface area contributed by atoms with Crippen molar-refractivity contribution < 1.29 is 4.79 Å². The van der Waals surface area contributed by atoms with Crippen LogP contribution in [0.25, 0.3) is 0 Å². The van der Waals surface area contributed by atoms with Crippen LogP contribution in [-0.2, 0) is 18.5 Å². The number of hydrogen-bond donors (Lipinski definition) is 0. The van der Waals surface area contributed by atoms with Crippen molar-refractivity contribution in [2.24, 2.45) is 0 Å². The third-order valence-electron chi connectivity index (χ3n) is 6.73. The molecule has 1 heterocycles. The third-order valence-corrected chi connectivity index (χ3v) is 6.73. The number of benzene rings is 2. The first-order chi connectivity index (χ1) is 15.4. The minimum Gasteiger partial charge on any atom is -0.345 e. The number of aromatic nitrogens is 1. The summed E-state index contributed by atoms with van der Waals surface area (Å²) in [5, 5.41) is 0. The van der Waals surface area contributed by atoms with E-state index in [0.29, 0.717) is 12.6 Å². The van der Waals surface area contributed by atoms with E-state index in [1.165, 1.54) is 36.1 Å². The van der Waals surface area contributed by atoms with Gasteiger partial charge in [0, 0.05) is 30.0 Å². The van der Waals surface area contributed by atoms with E-state index in [9.17, 15) is 4.79 Å². The van der Waals surface area contributed by atoms with Crippen LogP contribution in [0.5, 0.6) is 0 Å². The zero-order valence-electron chi connectivity index (χ0n) is 19.8. The molecule has 1 amide bonds. The lowest BCUT2D eigenvalue weighted by molar-refractivity contribution is 0.0608. The lowest BCUT2D eigenvalue weighted by atomic mass is 9.86. The Bertz CT molecular complexity index is 1010. The molecule has 3 heteroatoms. The van der Waals surface area contributed by atoms with Gasteiger partial charge >= 0.3 is 0 Å². The van der Waals surface area contributed by atoms with Gasteiger partial charge in [-0.15, -0.1) is 0 Å². The van der Waals surface area contributed by atoms with Crippen LogP contribution in [0.3, 0.4) is 0 Å². The van der Waals surface area contributed by atoms with Crippen molar-refractivity contribution in [3.05, 3.63) is 95.3 Å². The maximum Gasteiger partial charge on any atom is 0.254 e. The standard InChI is InChI=1S/C29H36N2O/c1-29(2,3)25-18-16-24(17-19-25)28(32)31(26-13-8-5-9-14-26)22-27-15-10-20-30(27)21-23-11-6-4-7-12-23/h4,6-7,10-12,15-20,26H,5,8-9,13-14,21-22H2,1-3H3. The van der Waals surface area contributed by atoms with Crippen LogP contribution >= 0.6 is 0 Å². The molecular weight excluding hydrogens is 392 g/mol. The summed E-state index contributed by atoms with van der Waals surface area (Å²) in [6.45, 7) is 8.11. The van der Waals surface area contributed by atoms with Gasteiger partial charge in [0.05, 0.1) is 6.54 Å². The predicted molar refractivity (Wildman–Crippen MR) is 132 cm³/mol. The van der Waals surface area contributed by atoms with E-state index >= 15 is 0 Å². The second kappa shape index (κ2) is 9.77. The van der Waals surface area contributed by atoms with Crippen LogP contribution in [0.15, 0.2) is 72.9 Å². The molecule has 0 radical (unpaired) electrons. The molecule has 168 valence electrons. The fourth-order valence-corrected chi connectivity index (χ4v) is 4.74. The van der Waals surface area contributed by atoms with E-state index in [4.69, 9.17) is 0 Å². The summed E-state index contributed by atoms with van der Waals surface area (Å²) in [5.41, 5.74) is 4.61. The average Bonchev–Trinajstić information content (AvgIpc) is 3.24. The van der Waals surface area contributed by atoms with Gasteiger partial charge in [-0.25, -0.2) is 0 Å². The van der Waals surface area contributed by atoms with Crippen LogP contribution in [0.4, 0.5) is 0 Å². The fourth-order valence-electron chi connectivity index (χ4n) is 4.74. The van der Waals surface area contributed by atoms with E-state index < -0.39 is 0 Å². The maximum absolute atomic E-state index is 13.7. The van der Waals surface area contributed by atoms with Crippen LogP contribution in [-0.4, -0.2) is 21.4 Å². The molecule has 0 atom stereocenters. The van der Waals surface area contributed by atoms with Crippen molar-refractivity contribution in [3.63, 3.8) is 0 Å². The molecule has 0 aliphatic heterocycles. The molecule has 1 aromatic heterocycles. The SMILES string of the molecule is CC(C)(C)c1ccc(C(=O)N(Cc2cccn2Cc2ccccc2)C2CCCCC2)cc1. The van der Waals surface area contributed by atoms with Gasteiger partial charge < -0.3 is 9.47 Å². The van der Waals surface area contributed by atoms with Crippen LogP contribution in [0, 0.1) is 0 Å². The van der Waals surface area contributed by atoms with Gasteiger partial charge in [0.25, 0.3) is 5.91 Å². The quantitative estimate of drug-likeness (QED) is 0.423. The van der Waals surface area contributed by atoms with Crippen molar-refractivity contribution >= 4 is 5.91 Å². The minimum absolute atomic E-state index is 0.0862. The summed E-state index contributed by atoms with van der Waals surface area (Å²) >= 11 is 0. The Morgan fingerprint density at radius 3 is 2.25 bits per heavy atom. The van der Waals surface area contributed by atoms with E-state index in [2.05, 4.69) is 91.0 Å². The van der Waals surface area contributed by atoms with Gasteiger partial charge in [-0.05, 0) is 53.6 Å². The molecule has 3 aromatic rings. The van der Waals surface area contributed by atoms with E-state index in [1.807, 2.05) is 12.1 Å². The lowest BCUT2D eigenvalue weighted by Crippen LogP contribution is -2.41. The number of amides is 1. The molecule has 0 N–H and O–H groups in total. The smallest absolute Gasteiger partial charge is 0.254 e. The number of rotatable bonds is 6. The summed E-state index contributed by atoms with van der Waals surface area (Å²) in [7, 11) is 0. The van der Waals surface area contributed by atoms with Crippen molar-refractivity contribution in [1.29, 1.82) is 0 Å². The molecule has 4 rings (SSSR count). The zero-order chi connectivity index (χ0) is 22.6. The Morgan fingerprint density at radius 2 is 1.59 bits per heavy atom. The molecule has 1 fully saturated rings. The number of carbonyl (C=O) groups excluding carboxylic acids is 1. The highest BCUT2D eigenvalue weighted by atomic mass is 16.2. The normalized spacial score (nSPS) is 15.0. The largest absolute Gasteiger partial charge is 0.345 e. The molecule has 1 aliphatic rings. The summed E-state index contributed by atoms with van der Waals surface area (Å²) in [4.78, 5) is 15.9. The molecule has 0 saturated heterocycles. The van der Waals surface area contributed by atoms with Crippen LogP contribution < -0.4 is 0 Å². The van der Waals surface area contributed by atoms with E-state index in [1.54, 1.807) is 0 Å². The van der Waals surface area contributed by atoms with Gasteiger partial charge in [-0.1, -0.05) is 82.5 Å². The second-order valence-electron chi connectivity index (χ2n) is 10.2. The summed E-state index contributed by atoms with van der Waals surface area (Å²) in [6, 6.07) is 23.4. The van der Waals surface area contributed by atoms with E-state index in [-0.39, 0.29) is 11.3 Å². The Balaban J connectivity index is 1.58. The summed E-state index contributed by atoms with van der Waals surface area (Å²) < 4.78 is 2.28. The highest BCUT2D eigenvalue weighted by Gasteiger charge is 2.27. The highest BCUT2D eigenvalue weighted by molar-refractivity contribution is 5.94. The Labute approximate surface area is 193 Å². The van der Waals surface area contributed by atoms with Crippen LogP contribution in [0.2, 0.25) is 0 Å². The first-order valence-electron chi connectivity index (χ1n) is 12.0. The topological polar surface area (TPSA) is 25.2 Å². The van der Waals surface area contributed by atoms with Crippen molar-refractivity contribution in [1.82, 2.24) is 9.47 Å². The molecular formula is C29H36N2O. The number of hydrogen-bond acceptors (Lipinski definition) is 1. The molecule has 1 saturated carbocycles. The van der Waals surface area contributed by atoms with Gasteiger partial charge in [-0.3, -0.25) is 4.79 Å². The molecule has 2 aromatic carbocycles. The van der Waals surface area contributed by atoms with Crippen molar-refractivity contribution in [3.8, 4) is 0 Å². The van der Waals surface area contributed by atoms with Gasteiger partial charge in [0.1, 0.15) is 0 Å². The first kappa shape index (κ1) is 22.4. The average molecular weight is 429 g/mol. The summed E-state index contributed by atoms with van der Waals surface area (Å²) in [6.07, 6.45) is 8.04. The number of nitrogens with zero attached hydrogens (tertiary/aromatic N) is 2. The molecule has 0 bridgehead atoms. The summed E-state index contributed by atoms with van der Waals surface area (Å²) in [5.74, 6) is 0.157. The highest BCUT2D eigenvalue weighted by Crippen LogP contribution is 2.27. The monoisotopic (exact) mass is 428 g/mol. The fraction of sp³-hybridized carbons (Fsp3) is 0.414. The predicted octanol–water partition coefficient (Wildman–Crippen LogP) is 6.81. The van der Waals surface area contributed by atoms with Crippen molar-refractivity contribution in [2.75, 3.05) is 0 Å². The molecule has 0 unspecified atom stereocenters. The third kappa shape index (κ3) is 5.32. The Hall–Kier alpha value is -2.81. The van der Waals surface area contributed by atoms with Crippen molar-refractivity contribution in [2.45, 2.75) is 77.4 Å². The lowest BCUT2D eigenvalue weighted by Gasteiger charge is -2.35. The molecule has 1 aliphatic carbocycles. The number of carbonyl (C=O) groups is 1. The minimum atomic E-state index is 0.0862. The second-order valence-corrected chi connectivity index (χ2v) is 10.2. The Kier molecular flexibility index (Phi) is 6.83. The molecule has 3 nitrogen and oxygen atoms in total.